The number of methoxy groups -OCH3 is 1. The summed E-state index contributed by atoms with van der Waals surface area (Å²) in [7, 11) is 1.63. The van der Waals surface area contributed by atoms with Gasteiger partial charge in [0.15, 0.2) is 5.78 Å². The van der Waals surface area contributed by atoms with E-state index in [0.717, 1.165) is 28.0 Å². The molecule has 4 rings (SSSR count). The van der Waals surface area contributed by atoms with E-state index in [-0.39, 0.29) is 17.7 Å². The van der Waals surface area contributed by atoms with Gasteiger partial charge in [-0.1, -0.05) is 44.2 Å². The molecular formula is C28H27NO4. The number of nitrogens with zero attached hydrogens (tertiary/aromatic N) is 1. The number of rotatable bonds is 7. The fraction of sp³-hybridized carbons (Fsp3) is 0.214. The number of benzene rings is 3. The summed E-state index contributed by atoms with van der Waals surface area (Å²) in [6.45, 7) is 5.88. The molecule has 1 heterocycles. The molecule has 1 aromatic heterocycles. The van der Waals surface area contributed by atoms with Crippen molar-refractivity contribution in [3.05, 3.63) is 89.6 Å². The van der Waals surface area contributed by atoms with Crippen molar-refractivity contribution in [2.24, 2.45) is 5.92 Å². The number of carbonyl (C=O) groups excluding carboxylic acids is 2. The van der Waals surface area contributed by atoms with Gasteiger partial charge < -0.3 is 14.0 Å². The van der Waals surface area contributed by atoms with Crippen LogP contribution in [0.1, 0.15) is 41.9 Å². The Labute approximate surface area is 193 Å². The number of hydrogen-bond donors (Lipinski definition) is 0. The van der Waals surface area contributed by atoms with E-state index in [1.54, 1.807) is 19.2 Å². The van der Waals surface area contributed by atoms with Crippen molar-refractivity contribution in [1.29, 1.82) is 0 Å². The van der Waals surface area contributed by atoms with Crippen molar-refractivity contribution < 1.29 is 19.1 Å². The molecule has 0 N–H and O–H groups in total. The molecule has 0 radical (unpaired) electrons. The minimum Gasteiger partial charge on any atom is -0.497 e. The Morgan fingerprint density at radius 2 is 1.58 bits per heavy atom. The molecule has 0 saturated carbocycles. The van der Waals surface area contributed by atoms with Gasteiger partial charge in [-0.3, -0.25) is 9.59 Å². The van der Waals surface area contributed by atoms with E-state index in [0.29, 0.717) is 23.3 Å². The maximum Gasteiger partial charge on any atom is 0.311 e. The quantitative estimate of drug-likeness (QED) is 0.197. The maximum absolute atomic E-state index is 13.6. The van der Waals surface area contributed by atoms with Gasteiger partial charge in [0, 0.05) is 28.8 Å². The number of aromatic nitrogens is 1. The van der Waals surface area contributed by atoms with Crippen LogP contribution in [-0.2, 0) is 4.79 Å². The highest BCUT2D eigenvalue weighted by atomic mass is 16.5. The van der Waals surface area contributed by atoms with Gasteiger partial charge in [-0.05, 0) is 55.3 Å². The fourth-order valence-electron chi connectivity index (χ4n) is 4.05. The first-order valence-corrected chi connectivity index (χ1v) is 11.0. The third-order valence-corrected chi connectivity index (χ3v) is 5.58. The lowest BCUT2D eigenvalue weighted by Gasteiger charge is -2.10. The molecule has 4 aromatic rings. The van der Waals surface area contributed by atoms with E-state index in [1.807, 2.05) is 86.0 Å². The molecule has 0 saturated heterocycles. The zero-order chi connectivity index (χ0) is 23.5. The first-order chi connectivity index (χ1) is 15.9. The highest BCUT2D eigenvalue weighted by Gasteiger charge is 2.23. The van der Waals surface area contributed by atoms with Crippen molar-refractivity contribution in [3.8, 4) is 17.2 Å². The molecule has 0 aliphatic carbocycles. The van der Waals surface area contributed by atoms with Gasteiger partial charge in [0.05, 0.1) is 18.2 Å². The van der Waals surface area contributed by atoms with Crippen molar-refractivity contribution in [3.63, 3.8) is 0 Å². The van der Waals surface area contributed by atoms with E-state index in [1.165, 1.54) is 0 Å². The minimum atomic E-state index is -0.286. The summed E-state index contributed by atoms with van der Waals surface area (Å²) in [6.07, 6.45) is 0.333. The van der Waals surface area contributed by atoms with Gasteiger partial charge in [0.1, 0.15) is 11.5 Å². The van der Waals surface area contributed by atoms with Crippen molar-refractivity contribution in [2.45, 2.75) is 27.2 Å². The maximum atomic E-state index is 13.6. The lowest BCUT2D eigenvalue weighted by atomic mass is 10.0. The Balaban J connectivity index is 1.88. The summed E-state index contributed by atoms with van der Waals surface area (Å²) >= 11 is 0. The lowest BCUT2D eigenvalue weighted by molar-refractivity contribution is -0.135. The van der Waals surface area contributed by atoms with Crippen LogP contribution in [0.2, 0.25) is 0 Å². The van der Waals surface area contributed by atoms with Crippen LogP contribution in [0.15, 0.2) is 72.8 Å². The predicted molar refractivity (Wildman–Crippen MR) is 130 cm³/mol. The average molecular weight is 442 g/mol. The van der Waals surface area contributed by atoms with Crippen molar-refractivity contribution in [2.75, 3.05) is 7.11 Å². The molecule has 0 aliphatic heterocycles. The zero-order valence-corrected chi connectivity index (χ0v) is 19.3. The number of esters is 1. The van der Waals surface area contributed by atoms with Crippen LogP contribution in [0.3, 0.4) is 0 Å². The van der Waals surface area contributed by atoms with Crippen LogP contribution in [0.25, 0.3) is 16.6 Å². The Morgan fingerprint density at radius 1 is 0.909 bits per heavy atom. The summed E-state index contributed by atoms with van der Waals surface area (Å²) < 4.78 is 12.9. The van der Waals surface area contributed by atoms with Gasteiger partial charge in [-0.15, -0.1) is 0 Å². The topological polar surface area (TPSA) is 57.5 Å². The number of hydrogen-bond acceptors (Lipinski definition) is 4. The van der Waals surface area contributed by atoms with Gasteiger partial charge >= 0.3 is 5.97 Å². The molecule has 0 fully saturated rings. The van der Waals surface area contributed by atoms with E-state index < -0.39 is 0 Å². The summed E-state index contributed by atoms with van der Waals surface area (Å²) in [4.78, 5) is 25.8. The Morgan fingerprint density at radius 3 is 2.21 bits per heavy atom. The Bertz CT molecular complexity index is 1300. The van der Waals surface area contributed by atoms with E-state index in [4.69, 9.17) is 9.47 Å². The van der Waals surface area contributed by atoms with Gasteiger partial charge in [0.2, 0.25) is 0 Å². The first-order valence-electron chi connectivity index (χ1n) is 11.0. The van der Waals surface area contributed by atoms with E-state index in [2.05, 4.69) is 0 Å². The molecule has 3 aromatic carbocycles. The number of fused-ring (bicyclic) bond motifs is 1. The summed E-state index contributed by atoms with van der Waals surface area (Å²) in [5, 5.41) is 0.743. The number of ketones is 1. The molecule has 33 heavy (non-hydrogen) atoms. The lowest BCUT2D eigenvalue weighted by Crippen LogP contribution is -2.10. The van der Waals surface area contributed by atoms with E-state index >= 15 is 0 Å². The summed E-state index contributed by atoms with van der Waals surface area (Å²) in [5.41, 5.74) is 3.79. The van der Waals surface area contributed by atoms with E-state index in [9.17, 15) is 9.59 Å². The molecule has 5 nitrogen and oxygen atoms in total. The molecule has 0 atom stereocenters. The third kappa shape index (κ3) is 4.53. The van der Waals surface area contributed by atoms with Crippen molar-refractivity contribution >= 4 is 22.7 Å². The third-order valence-electron chi connectivity index (χ3n) is 5.58. The molecule has 0 aliphatic rings. The second-order valence-corrected chi connectivity index (χ2v) is 8.44. The predicted octanol–water partition coefficient (Wildman–Crippen LogP) is 6.13. The largest absolute Gasteiger partial charge is 0.497 e. The second-order valence-electron chi connectivity index (χ2n) is 8.44. The molecule has 5 heteroatoms. The smallest absolute Gasteiger partial charge is 0.311 e. The first kappa shape index (κ1) is 22.3. The molecule has 0 spiro atoms. The summed E-state index contributed by atoms with van der Waals surface area (Å²) in [5.74, 6) is 1.03. The van der Waals surface area contributed by atoms with Crippen LogP contribution >= 0.6 is 0 Å². The fourth-order valence-corrected chi connectivity index (χ4v) is 4.05. The molecular weight excluding hydrogens is 414 g/mol. The molecule has 0 bridgehead atoms. The molecule has 0 amide bonds. The van der Waals surface area contributed by atoms with Crippen LogP contribution in [0.5, 0.6) is 11.5 Å². The van der Waals surface area contributed by atoms with Crippen molar-refractivity contribution in [1.82, 2.24) is 4.57 Å². The van der Waals surface area contributed by atoms with Crippen LogP contribution < -0.4 is 9.47 Å². The highest BCUT2D eigenvalue weighted by Crippen LogP contribution is 2.34. The normalized spacial score (nSPS) is 11.1. The SMILES string of the molecule is COc1ccc(-n2c(C)c(C(=O)c3ccccc3)c3cc(OC(=O)CC(C)C)ccc32)cc1. The Kier molecular flexibility index (Phi) is 6.31. The zero-order valence-electron chi connectivity index (χ0n) is 19.3. The van der Waals surface area contributed by atoms with Crippen LogP contribution in [0, 0.1) is 12.8 Å². The molecule has 0 unspecified atom stereocenters. The van der Waals surface area contributed by atoms with Gasteiger partial charge in [-0.25, -0.2) is 0 Å². The second kappa shape index (κ2) is 9.33. The average Bonchev–Trinajstić information content (AvgIpc) is 3.09. The Hall–Kier alpha value is -3.86. The number of carbonyl (C=O) groups is 2. The molecule has 168 valence electrons. The monoisotopic (exact) mass is 441 g/mol. The van der Waals surface area contributed by atoms with Crippen LogP contribution in [-0.4, -0.2) is 23.4 Å². The standard InChI is InChI=1S/C28H27NO4/c1-18(2)16-26(30)33-23-14-15-25-24(17-23)27(28(31)20-8-6-5-7-9-20)19(3)29(25)21-10-12-22(32-4)13-11-21/h5-15,17-18H,16H2,1-4H3. The number of ether oxygens (including phenoxy) is 2. The van der Waals surface area contributed by atoms with Gasteiger partial charge in [0.25, 0.3) is 0 Å². The summed E-state index contributed by atoms with van der Waals surface area (Å²) in [6, 6.07) is 22.4. The minimum absolute atomic E-state index is 0.0731. The van der Waals surface area contributed by atoms with Gasteiger partial charge in [-0.2, -0.15) is 0 Å². The highest BCUT2D eigenvalue weighted by molar-refractivity contribution is 6.18. The van der Waals surface area contributed by atoms with Crippen LogP contribution in [0.4, 0.5) is 0 Å².